The Bertz CT molecular complexity index is 1350. The summed E-state index contributed by atoms with van der Waals surface area (Å²) in [5, 5.41) is 0.409. The Kier molecular flexibility index (Phi) is 7.71. The molecule has 4 rings (SSSR count). The number of cyclic esters (lactones) is 1. The summed E-state index contributed by atoms with van der Waals surface area (Å²) in [6.07, 6.45) is -17.6. The first kappa shape index (κ1) is 29.8. The zero-order chi connectivity index (χ0) is 29.8. The van der Waals surface area contributed by atoms with Crippen molar-refractivity contribution < 1.29 is 53.8 Å². The second kappa shape index (κ2) is 10.3. The van der Waals surface area contributed by atoms with Crippen molar-refractivity contribution in [1.82, 2.24) is 4.90 Å². The molecular weight excluding hydrogens is 577 g/mol. The first-order chi connectivity index (χ1) is 18.4. The molecule has 0 spiro atoms. The van der Waals surface area contributed by atoms with E-state index in [1.807, 2.05) is 0 Å². The number of alkyl halides is 9. The molecule has 1 amide bonds. The number of ether oxygens (including phenoxy) is 2. The molecule has 1 aliphatic heterocycles. The van der Waals surface area contributed by atoms with Crippen molar-refractivity contribution in [2.24, 2.45) is 5.92 Å². The second-order valence-electron chi connectivity index (χ2n) is 9.50. The Labute approximate surface area is 226 Å². The average Bonchev–Trinajstić information content (AvgIpc) is 3.36. The number of hydrogen-bond acceptors (Lipinski definition) is 4. The molecule has 2 aliphatic rings. The standard InChI is InChI=1S/C26H22F9NO3S/c1-12-6-20(22(38-3)40-12)19-5-4-16(24(27,28)29)9-15(19)11-36-13(2)21(39-23(36)37)14-7-17(25(30,31)32)10-18(8-14)26(33,34)35/h4-7,9-10,13-14,21H,8,11H2,1-3H3/t13-,14?,21-/m0/s1. The van der Waals surface area contributed by atoms with Gasteiger partial charge in [0.05, 0.1) is 30.8 Å². The quantitative estimate of drug-likeness (QED) is 0.324. The molecule has 0 radical (unpaired) electrons. The van der Waals surface area contributed by atoms with E-state index in [-0.39, 0.29) is 11.6 Å². The Morgan fingerprint density at radius 2 is 1.68 bits per heavy atom. The van der Waals surface area contributed by atoms with Crippen LogP contribution in [0.25, 0.3) is 11.1 Å². The van der Waals surface area contributed by atoms with Gasteiger partial charge in [0.2, 0.25) is 0 Å². The fourth-order valence-corrected chi connectivity index (χ4v) is 5.71. The maximum atomic E-state index is 13.6. The topological polar surface area (TPSA) is 38.8 Å². The number of allylic oxidation sites excluding steroid dienone is 3. The Hall–Kier alpha value is -3.16. The molecule has 40 heavy (non-hydrogen) atoms. The van der Waals surface area contributed by atoms with E-state index >= 15 is 0 Å². The molecule has 1 saturated heterocycles. The van der Waals surface area contributed by atoms with Crippen molar-refractivity contribution in [3.8, 4) is 16.2 Å². The van der Waals surface area contributed by atoms with Crippen LogP contribution in [-0.2, 0) is 17.5 Å². The van der Waals surface area contributed by atoms with Gasteiger partial charge in [-0.2, -0.15) is 39.5 Å². The van der Waals surface area contributed by atoms with Crippen LogP contribution in [0.3, 0.4) is 0 Å². The van der Waals surface area contributed by atoms with Crippen LogP contribution in [0.2, 0.25) is 0 Å². The summed E-state index contributed by atoms with van der Waals surface area (Å²) in [7, 11) is 1.39. The van der Waals surface area contributed by atoms with Crippen molar-refractivity contribution in [2.75, 3.05) is 7.11 Å². The van der Waals surface area contributed by atoms with Crippen LogP contribution in [0.4, 0.5) is 44.3 Å². The summed E-state index contributed by atoms with van der Waals surface area (Å²) in [4.78, 5) is 14.6. The molecule has 1 aromatic carbocycles. The largest absolute Gasteiger partial charge is 0.487 e. The molecule has 1 fully saturated rings. The fraction of sp³-hybridized carbons (Fsp3) is 0.423. The molecule has 14 heteroatoms. The molecular formula is C26H22F9NO3S. The monoisotopic (exact) mass is 599 g/mol. The van der Waals surface area contributed by atoms with E-state index in [1.165, 1.54) is 31.4 Å². The molecule has 218 valence electrons. The molecule has 1 unspecified atom stereocenters. The predicted octanol–water partition coefficient (Wildman–Crippen LogP) is 8.46. The van der Waals surface area contributed by atoms with Gasteiger partial charge < -0.3 is 9.47 Å². The maximum absolute atomic E-state index is 13.6. The van der Waals surface area contributed by atoms with Gasteiger partial charge in [-0.25, -0.2) is 4.79 Å². The lowest BCUT2D eigenvalue weighted by Gasteiger charge is -2.30. The van der Waals surface area contributed by atoms with Crippen LogP contribution in [0.1, 0.15) is 29.3 Å². The third-order valence-corrected chi connectivity index (χ3v) is 7.81. The van der Waals surface area contributed by atoms with Gasteiger partial charge in [0.25, 0.3) is 0 Å². The number of carbonyl (C=O) groups is 1. The number of benzene rings is 1. The highest BCUT2D eigenvalue weighted by molar-refractivity contribution is 7.14. The van der Waals surface area contributed by atoms with Gasteiger partial charge in [0, 0.05) is 21.9 Å². The zero-order valence-corrected chi connectivity index (χ0v) is 21.9. The van der Waals surface area contributed by atoms with Gasteiger partial charge in [-0.15, -0.1) is 11.3 Å². The lowest BCUT2D eigenvalue weighted by Crippen LogP contribution is -2.38. The smallest absolute Gasteiger partial charge is 0.416 e. The molecule has 3 atom stereocenters. The highest BCUT2D eigenvalue weighted by Crippen LogP contribution is 2.45. The number of methoxy groups -OCH3 is 1. The SMILES string of the molecule is COc1sc(C)cc1-c1ccc(C(F)(F)F)cc1CN1C(=O)O[C@H](C2C=C(C(F)(F)F)C=C(C(F)(F)F)C2)[C@@H]1C. The number of carbonyl (C=O) groups excluding carboxylic acids is 1. The van der Waals surface area contributed by atoms with Gasteiger partial charge in [0.15, 0.2) is 5.06 Å². The van der Waals surface area contributed by atoms with E-state index < -0.39 is 72.4 Å². The lowest BCUT2D eigenvalue weighted by atomic mass is 9.83. The summed E-state index contributed by atoms with van der Waals surface area (Å²) < 4.78 is 132. The summed E-state index contributed by atoms with van der Waals surface area (Å²) >= 11 is 1.25. The summed E-state index contributed by atoms with van der Waals surface area (Å²) in [6, 6.07) is 3.58. The molecule has 1 aromatic heterocycles. The minimum atomic E-state index is -5.08. The molecule has 2 heterocycles. The molecule has 0 N–H and O–H groups in total. The van der Waals surface area contributed by atoms with E-state index in [0.29, 0.717) is 22.3 Å². The molecule has 0 bridgehead atoms. The number of thiophene rings is 1. The van der Waals surface area contributed by atoms with Crippen LogP contribution in [0.5, 0.6) is 5.06 Å². The number of nitrogens with zero attached hydrogens (tertiary/aromatic N) is 1. The molecule has 1 aliphatic carbocycles. The molecule has 0 saturated carbocycles. The van der Waals surface area contributed by atoms with E-state index in [2.05, 4.69) is 0 Å². The van der Waals surface area contributed by atoms with E-state index in [4.69, 9.17) is 9.47 Å². The number of amides is 1. The van der Waals surface area contributed by atoms with Crippen molar-refractivity contribution in [1.29, 1.82) is 0 Å². The number of halogens is 9. The number of aryl methyl sites for hydroxylation is 1. The van der Waals surface area contributed by atoms with Gasteiger partial charge in [-0.05, 0) is 55.7 Å². The predicted molar refractivity (Wildman–Crippen MR) is 128 cm³/mol. The maximum Gasteiger partial charge on any atom is 0.416 e. The minimum Gasteiger partial charge on any atom is -0.487 e. The van der Waals surface area contributed by atoms with E-state index in [9.17, 15) is 44.3 Å². The third kappa shape index (κ3) is 5.96. The van der Waals surface area contributed by atoms with Gasteiger partial charge >= 0.3 is 24.6 Å². The average molecular weight is 600 g/mol. The molecule has 4 nitrogen and oxygen atoms in total. The highest BCUT2D eigenvalue weighted by Gasteiger charge is 2.48. The lowest BCUT2D eigenvalue weighted by molar-refractivity contribution is -0.137. The first-order valence-corrected chi connectivity index (χ1v) is 12.6. The number of rotatable bonds is 5. The van der Waals surface area contributed by atoms with Crippen molar-refractivity contribution >= 4 is 17.4 Å². The zero-order valence-electron chi connectivity index (χ0n) is 21.1. The van der Waals surface area contributed by atoms with Gasteiger partial charge in [0.1, 0.15) is 6.10 Å². The Morgan fingerprint density at radius 1 is 1.00 bits per heavy atom. The fourth-order valence-electron chi connectivity index (χ4n) is 4.88. The van der Waals surface area contributed by atoms with Crippen LogP contribution < -0.4 is 4.74 Å². The summed E-state index contributed by atoms with van der Waals surface area (Å²) in [5.41, 5.74) is -3.11. The van der Waals surface area contributed by atoms with E-state index in [0.717, 1.165) is 21.9 Å². The van der Waals surface area contributed by atoms with Crippen molar-refractivity contribution in [3.05, 3.63) is 63.6 Å². The highest BCUT2D eigenvalue weighted by atomic mass is 32.1. The number of hydrogen-bond donors (Lipinski definition) is 0. The second-order valence-corrected chi connectivity index (χ2v) is 10.7. The van der Waals surface area contributed by atoms with Crippen LogP contribution in [0, 0.1) is 12.8 Å². The molecule has 2 aromatic rings. The third-order valence-electron chi connectivity index (χ3n) is 6.80. The normalized spacial score (nSPS) is 22.2. The van der Waals surface area contributed by atoms with Gasteiger partial charge in [-0.3, -0.25) is 4.90 Å². The van der Waals surface area contributed by atoms with Crippen molar-refractivity contribution in [2.45, 2.75) is 57.5 Å². The first-order valence-electron chi connectivity index (χ1n) is 11.8. The van der Waals surface area contributed by atoms with Crippen LogP contribution in [-0.4, -0.2) is 42.6 Å². The summed E-state index contributed by atoms with van der Waals surface area (Å²) in [6.45, 7) is 2.69. The van der Waals surface area contributed by atoms with Crippen LogP contribution >= 0.6 is 11.3 Å². The van der Waals surface area contributed by atoms with Crippen molar-refractivity contribution in [3.63, 3.8) is 0 Å². The minimum absolute atomic E-state index is 0.0286. The van der Waals surface area contributed by atoms with Crippen LogP contribution in [0.15, 0.2) is 47.6 Å². The van der Waals surface area contributed by atoms with Gasteiger partial charge in [-0.1, -0.05) is 12.1 Å². The summed E-state index contributed by atoms with van der Waals surface area (Å²) in [5.74, 6) is -1.47. The van der Waals surface area contributed by atoms with E-state index in [1.54, 1.807) is 13.0 Å². The Balaban J connectivity index is 1.70. The Morgan fingerprint density at radius 3 is 2.25 bits per heavy atom.